The van der Waals surface area contributed by atoms with E-state index in [1.807, 2.05) is 51.1 Å². The Morgan fingerprint density at radius 2 is 1.88 bits per heavy atom. The van der Waals surface area contributed by atoms with Crippen LogP contribution in [-0.2, 0) is 4.79 Å². The maximum atomic E-state index is 11.7. The van der Waals surface area contributed by atoms with Gasteiger partial charge in [0.05, 0.1) is 0 Å². The average molecular weight is 220 g/mol. The predicted molar refractivity (Wildman–Crippen MR) is 67.1 cm³/mol. The molecule has 0 radical (unpaired) electrons. The van der Waals surface area contributed by atoms with E-state index in [0.29, 0.717) is 6.42 Å². The number of carbonyl (C=O) groups excluding carboxylic acids is 1. The molecule has 1 aromatic carbocycles. The molecule has 1 rings (SSSR count). The van der Waals surface area contributed by atoms with Crippen molar-refractivity contribution in [2.24, 2.45) is 11.1 Å². The highest BCUT2D eigenvalue weighted by atomic mass is 16.1. The number of nitrogens with two attached hydrogens (primary N) is 1. The van der Waals surface area contributed by atoms with E-state index in [9.17, 15) is 4.79 Å². The molecule has 0 aliphatic carbocycles. The normalized spacial score (nSPS) is 13.2. The van der Waals surface area contributed by atoms with Crippen molar-refractivity contribution in [3.05, 3.63) is 30.3 Å². The number of amides is 1. The Balaban J connectivity index is 2.49. The summed E-state index contributed by atoms with van der Waals surface area (Å²) in [7, 11) is 0. The summed E-state index contributed by atoms with van der Waals surface area (Å²) in [6.45, 7) is 6.11. The van der Waals surface area contributed by atoms with E-state index >= 15 is 0 Å². The summed E-state index contributed by atoms with van der Waals surface area (Å²) in [5, 5.41) is 2.83. The Bertz CT molecular complexity index is 341. The first-order chi connectivity index (χ1) is 7.39. The maximum Gasteiger partial charge on any atom is 0.225 e. The zero-order valence-corrected chi connectivity index (χ0v) is 10.2. The summed E-state index contributed by atoms with van der Waals surface area (Å²) >= 11 is 0. The van der Waals surface area contributed by atoms with E-state index < -0.39 is 0 Å². The molecular weight excluding hydrogens is 200 g/mol. The predicted octanol–water partition coefficient (Wildman–Crippen LogP) is 2.39. The second kappa shape index (κ2) is 5.12. The molecular formula is C13H20N2O. The number of anilines is 1. The largest absolute Gasteiger partial charge is 0.327 e. The van der Waals surface area contributed by atoms with Gasteiger partial charge in [0.2, 0.25) is 5.91 Å². The van der Waals surface area contributed by atoms with Gasteiger partial charge in [-0.2, -0.15) is 0 Å². The molecule has 0 aliphatic heterocycles. The van der Waals surface area contributed by atoms with Crippen LogP contribution in [0.5, 0.6) is 0 Å². The molecule has 0 fully saturated rings. The quantitative estimate of drug-likeness (QED) is 0.821. The van der Waals surface area contributed by atoms with Gasteiger partial charge in [-0.3, -0.25) is 4.79 Å². The van der Waals surface area contributed by atoms with E-state index in [4.69, 9.17) is 5.73 Å². The van der Waals surface area contributed by atoms with Gasteiger partial charge in [-0.25, -0.2) is 0 Å². The second-order valence-electron chi connectivity index (χ2n) is 5.09. The van der Waals surface area contributed by atoms with Gasteiger partial charge in [-0.1, -0.05) is 39.0 Å². The number of para-hydroxylation sites is 1. The lowest BCUT2D eigenvalue weighted by Crippen LogP contribution is -2.38. The lowest BCUT2D eigenvalue weighted by Gasteiger charge is -2.26. The minimum absolute atomic E-state index is 0.0337. The molecule has 0 saturated carbocycles. The first-order valence-electron chi connectivity index (χ1n) is 5.50. The summed E-state index contributed by atoms with van der Waals surface area (Å²) in [6.07, 6.45) is 0.346. The summed E-state index contributed by atoms with van der Waals surface area (Å²) in [4.78, 5) is 11.7. The average Bonchev–Trinajstić information content (AvgIpc) is 2.17. The third-order valence-corrected chi connectivity index (χ3v) is 2.58. The molecule has 16 heavy (non-hydrogen) atoms. The number of rotatable bonds is 3. The molecule has 3 N–H and O–H groups in total. The Morgan fingerprint density at radius 1 is 1.31 bits per heavy atom. The number of carbonyl (C=O) groups is 1. The summed E-state index contributed by atoms with van der Waals surface area (Å²) in [5.41, 5.74) is 6.71. The summed E-state index contributed by atoms with van der Waals surface area (Å²) in [5.74, 6) is -0.0337. The topological polar surface area (TPSA) is 55.1 Å². The van der Waals surface area contributed by atoms with Crippen molar-refractivity contribution >= 4 is 11.6 Å². The Labute approximate surface area is 97.0 Å². The van der Waals surface area contributed by atoms with Crippen LogP contribution in [0.2, 0.25) is 0 Å². The molecule has 0 bridgehead atoms. The van der Waals surface area contributed by atoms with Gasteiger partial charge in [0.15, 0.2) is 0 Å². The number of hydrogen-bond acceptors (Lipinski definition) is 2. The van der Waals surface area contributed by atoms with Crippen LogP contribution >= 0.6 is 0 Å². The third-order valence-electron chi connectivity index (χ3n) is 2.58. The highest BCUT2D eigenvalue weighted by Gasteiger charge is 2.22. The van der Waals surface area contributed by atoms with Crippen LogP contribution in [0.1, 0.15) is 27.2 Å². The fraction of sp³-hybridized carbons (Fsp3) is 0.462. The molecule has 0 aromatic heterocycles. The van der Waals surface area contributed by atoms with Crippen LogP contribution in [0.3, 0.4) is 0 Å². The fourth-order valence-electron chi connectivity index (χ4n) is 1.24. The molecule has 3 nitrogen and oxygen atoms in total. The molecule has 0 spiro atoms. The van der Waals surface area contributed by atoms with Gasteiger partial charge in [0.25, 0.3) is 0 Å². The van der Waals surface area contributed by atoms with E-state index in [1.165, 1.54) is 0 Å². The van der Waals surface area contributed by atoms with Crippen LogP contribution < -0.4 is 11.1 Å². The van der Waals surface area contributed by atoms with Crippen LogP contribution in [0.15, 0.2) is 30.3 Å². The number of hydrogen-bond donors (Lipinski definition) is 2. The maximum absolute atomic E-state index is 11.7. The van der Waals surface area contributed by atoms with E-state index in [-0.39, 0.29) is 17.4 Å². The van der Waals surface area contributed by atoms with Crippen molar-refractivity contribution in [3.63, 3.8) is 0 Å². The molecule has 1 amide bonds. The summed E-state index contributed by atoms with van der Waals surface area (Å²) in [6, 6.07) is 9.28. The first kappa shape index (κ1) is 12.7. The van der Waals surface area contributed by atoms with Crippen molar-refractivity contribution in [2.75, 3.05) is 5.32 Å². The smallest absolute Gasteiger partial charge is 0.225 e. The van der Waals surface area contributed by atoms with Gasteiger partial charge in [0, 0.05) is 18.2 Å². The molecule has 88 valence electrons. The van der Waals surface area contributed by atoms with E-state index in [2.05, 4.69) is 5.32 Å². The van der Waals surface area contributed by atoms with Crippen LogP contribution in [0.4, 0.5) is 5.69 Å². The molecule has 0 aliphatic rings. The van der Waals surface area contributed by atoms with Crippen molar-refractivity contribution in [1.82, 2.24) is 0 Å². The van der Waals surface area contributed by atoms with E-state index in [1.54, 1.807) is 0 Å². The molecule has 0 heterocycles. The van der Waals surface area contributed by atoms with Crippen LogP contribution in [0, 0.1) is 5.41 Å². The highest BCUT2D eigenvalue weighted by Crippen LogP contribution is 2.20. The van der Waals surface area contributed by atoms with Crippen molar-refractivity contribution < 1.29 is 4.79 Å². The third kappa shape index (κ3) is 4.03. The standard InChI is InChI=1S/C13H20N2O/c1-13(2,3)11(14)9-12(16)15-10-7-5-4-6-8-10/h4-8,11H,9,14H2,1-3H3,(H,15,16). The van der Waals surface area contributed by atoms with Gasteiger partial charge in [-0.15, -0.1) is 0 Å². The number of nitrogens with one attached hydrogen (secondary N) is 1. The summed E-state index contributed by atoms with van der Waals surface area (Å²) < 4.78 is 0. The monoisotopic (exact) mass is 220 g/mol. The Kier molecular flexibility index (Phi) is 4.07. The van der Waals surface area contributed by atoms with E-state index in [0.717, 1.165) is 5.69 Å². The second-order valence-corrected chi connectivity index (χ2v) is 5.09. The first-order valence-corrected chi connectivity index (χ1v) is 5.50. The lowest BCUT2D eigenvalue weighted by molar-refractivity contribution is -0.117. The Morgan fingerprint density at radius 3 is 2.38 bits per heavy atom. The van der Waals surface area contributed by atoms with Gasteiger partial charge >= 0.3 is 0 Å². The molecule has 1 aromatic rings. The lowest BCUT2D eigenvalue weighted by atomic mass is 9.85. The van der Waals surface area contributed by atoms with Gasteiger partial charge in [0.1, 0.15) is 0 Å². The zero-order chi connectivity index (χ0) is 12.2. The fourth-order valence-corrected chi connectivity index (χ4v) is 1.24. The Hall–Kier alpha value is -1.35. The zero-order valence-electron chi connectivity index (χ0n) is 10.2. The molecule has 1 unspecified atom stereocenters. The molecule has 3 heteroatoms. The van der Waals surface area contributed by atoms with Crippen molar-refractivity contribution in [1.29, 1.82) is 0 Å². The van der Waals surface area contributed by atoms with Crippen molar-refractivity contribution in [2.45, 2.75) is 33.2 Å². The van der Waals surface area contributed by atoms with Gasteiger partial charge in [-0.05, 0) is 17.5 Å². The minimum Gasteiger partial charge on any atom is -0.327 e. The molecule has 0 saturated heterocycles. The van der Waals surface area contributed by atoms with Crippen molar-refractivity contribution in [3.8, 4) is 0 Å². The SMILES string of the molecule is CC(C)(C)C(N)CC(=O)Nc1ccccc1. The van der Waals surface area contributed by atoms with Crippen LogP contribution in [0.25, 0.3) is 0 Å². The van der Waals surface area contributed by atoms with Gasteiger partial charge < -0.3 is 11.1 Å². The molecule has 1 atom stereocenters. The minimum atomic E-state index is -0.129. The highest BCUT2D eigenvalue weighted by molar-refractivity contribution is 5.91. The van der Waals surface area contributed by atoms with Crippen LogP contribution in [-0.4, -0.2) is 11.9 Å². The number of benzene rings is 1.